The lowest BCUT2D eigenvalue weighted by atomic mass is 10.1. The standard InChI is InChI=1S/C29H40N4O10Si/c1-29(2,3)44(4,5)43-26-15-24(31(17-26)28(36)42-19-21-8-12-23(13-9-21)33(39)40)14-25(34)16-30-27(35)41-18-20-6-10-22(11-7-20)32(37)38/h6-13,24-26,34H,14-19H2,1-5H3,(H,30,35)/t24-,25+,26-/m1/s1. The largest absolute Gasteiger partial charge is 0.445 e. The Morgan fingerprint density at radius 2 is 1.48 bits per heavy atom. The fourth-order valence-corrected chi connectivity index (χ4v) is 5.81. The van der Waals surface area contributed by atoms with Gasteiger partial charge in [-0.05, 0) is 66.4 Å². The quantitative estimate of drug-likeness (QED) is 0.177. The molecule has 240 valence electrons. The first-order valence-corrected chi connectivity index (χ1v) is 17.1. The maximum absolute atomic E-state index is 13.2. The van der Waals surface area contributed by atoms with Crippen molar-refractivity contribution in [3.63, 3.8) is 0 Å². The van der Waals surface area contributed by atoms with Gasteiger partial charge in [-0.1, -0.05) is 20.8 Å². The number of non-ortho nitro benzene ring substituents is 2. The van der Waals surface area contributed by atoms with Crippen LogP contribution in [0.25, 0.3) is 0 Å². The maximum Gasteiger partial charge on any atom is 0.410 e. The Morgan fingerprint density at radius 1 is 0.977 bits per heavy atom. The van der Waals surface area contributed by atoms with Crippen molar-refractivity contribution >= 4 is 31.9 Å². The molecule has 1 saturated heterocycles. The van der Waals surface area contributed by atoms with E-state index in [1.165, 1.54) is 53.4 Å². The summed E-state index contributed by atoms with van der Waals surface area (Å²) in [6.45, 7) is 10.6. The van der Waals surface area contributed by atoms with Gasteiger partial charge in [0.05, 0.1) is 22.1 Å². The Morgan fingerprint density at radius 3 is 1.95 bits per heavy atom. The van der Waals surface area contributed by atoms with E-state index in [9.17, 15) is 34.9 Å². The molecule has 1 heterocycles. The van der Waals surface area contributed by atoms with Crippen molar-refractivity contribution in [2.75, 3.05) is 13.1 Å². The van der Waals surface area contributed by atoms with Gasteiger partial charge in [-0.2, -0.15) is 0 Å². The van der Waals surface area contributed by atoms with Crippen molar-refractivity contribution in [1.82, 2.24) is 10.2 Å². The summed E-state index contributed by atoms with van der Waals surface area (Å²) in [5, 5.41) is 34.9. The predicted octanol–water partition coefficient (Wildman–Crippen LogP) is 5.28. The average molecular weight is 633 g/mol. The monoisotopic (exact) mass is 632 g/mol. The van der Waals surface area contributed by atoms with Gasteiger partial charge in [0.1, 0.15) is 13.2 Å². The molecule has 3 rings (SSSR count). The number of amides is 2. The summed E-state index contributed by atoms with van der Waals surface area (Å²) in [5.74, 6) is 0. The van der Waals surface area contributed by atoms with E-state index in [1.807, 2.05) is 0 Å². The van der Waals surface area contributed by atoms with Gasteiger partial charge in [0.15, 0.2) is 8.32 Å². The Kier molecular flexibility index (Phi) is 11.4. The minimum Gasteiger partial charge on any atom is -0.445 e. The second kappa shape index (κ2) is 14.6. The molecule has 0 bridgehead atoms. The van der Waals surface area contributed by atoms with Crippen LogP contribution in [0.4, 0.5) is 21.0 Å². The van der Waals surface area contributed by atoms with Gasteiger partial charge in [0, 0.05) is 43.4 Å². The fourth-order valence-electron chi connectivity index (χ4n) is 4.45. The Bertz CT molecular complexity index is 1310. The van der Waals surface area contributed by atoms with Crippen molar-refractivity contribution in [2.24, 2.45) is 0 Å². The Hall–Kier alpha value is -4.08. The van der Waals surface area contributed by atoms with Crippen LogP contribution in [0.15, 0.2) is 48.5 Å². The van der Waals surface area contributed by atoms with Gasteiger partial charge in [-0.15, -0.1) is 0 Å². The van der Waals surface area contributed by atoms with Crippen molar-refractivity contribution in [2.45, 2.75) is 83.2 Å². The van der Waals surface area contributed by atoms with Gasteiger partial charge < -0.3 is 29.2 Å². The summed E-state index contributed by atoms with van der Waals surface area (Å²) in [5.41, 5.74) is 1.01. The highest BCUT2D eigenvalue weighted by molar-refractivity contribution is 6.74. The molecule has 0 saturated carbocycles. The molecular formula is C29H40N4O10Si. The highest BCUT2D eigenvalue weighted by Crippen LogP contribution is 2.39. The molecule has 2 amide bonds. The van der Waals surface area contributed by atoms with Gasteiger partial charge in [-0.25, -0.2) is 9.59 Å². The van der Waals surface area contributed by atoms with Gasteiger partial charge >= 0.3 is 12.2 Å². The number of nitro benzene ring substituents is 2. The molecule has 15 heteroatoms. The van der Waals surface area contributed by atoms with Crippen molar-refractivity contribution in [3.05, 3.63) is 79.9 Å². The van der Waals surface area contributed by atoms with E-state index in [0.29, 0.717) is 17.5 Å². The van der Waals surface area contributed by atoms with E-state index in [2.05, 4.69) is 39.2 Å². The molecule has 0 spiro atoms. The molecule has 0 aliphatic carbocycles. The molecular weight excluding hydrogens is 592 g/mol. The van der Waals surface area contributed by atoms with E-state index < -0.39 is 42.5 Å². The van der Waals surface area contributed by atoms with E-state index >= 15 is 0 Å². The molecule has 0 radical (unpaired) electrons. The van der Waals surface area contributed by atoms with Gasteiger partial charge in [0.2, 0.25) is 0 Å². The predicted molar refractivity (Wildman–Crippen MR) is 162 cm³/mol. The maximum atomic E-state index is 13.2. The number of ether oxygens (including phenoxy) is 2. The van der Waals surface area contributed by atoms with Gasteiger partial charge in [-0.3, -0.25) is 20.2 Å². The highest BCUT2D eigenvalue weighted by Gasteiger charge is 2.44. The number of nitro groups is 2. The Balaban J connectivity index is 1.57. The van der Waals surface area contributed by atoms with Crippen LogP contribution in [0.5, 0.6) is 0 Å². The zero-order valence-electron chi connectivity index (χ0n) is 25.6. The molecule has 2 aromatic carbocycles. The summed E-state index contributed by atoms with van der Waals surface area (Å²) in [7, 11) is -2.17. The number of nitrogens with one attached hydrogen (secondary N) is 1. The van der Waals surface area contributed by atoms with Crippen LogP contribution in [0.2, 0.25) is 18.1 Å². The summed E-state index contributed by atoms with van der Waals surface area (Å²) in [4.78, 5) is 47.6. The number of likely N-dealkylation sites (tertiary alicyclic amines) is 1. The van der Waals surface area contributed by atoms with Crippen LogP contribution >= 0.6 is 0 Å². The first kappa shape index (κ1) is 34.4. The van der Waals surface area contributed by atoms with Crippen LogP contribution < -0.4 is 5.32 Å². The first-order chi connectivity index (χ1) is 20.6. The molecule has 1 aliphatic heterocycles. The third-order valence-electron chi connectivity index (χ3n) is 7.93. The summed E-state index contributed by atoms with van der Waals surface area (Å²) >= 11 is 0. The molecule has 2 N–H and O–H groups in total. The summed E-state index contributed by atoms with van der Waals surface area (Å²) < 4.78 is 17.2. The zero-order valence-corrected chi connectivity index (χ0v) is 26.6. The molecule has 2 aromatic rings. The third-order valence-corrected chi connectivity index (χ3v) is 12.5. The molecule has 1 fully saturated rings. The molecule has 14 nitrogen and oxygen atoms in total. The molecule has 1 aliphatic rings. The van der Waals surface area contributed by atoms with Crippen LogP contribution in [0.1, 0.15) is 44.7 Å². The molecule has 3 atom stereocenters. The minimum absolute atomic E-state index is 0.0510. The molecule has 44 heavy (non-hydrogen) atoms. The normalized spacial score (nSPS) is 17.5. The number of aliphatic hydroxyl groups is 1. The lowest BCUT2D eigenvalue weighted by Crippen LogP contribution is -2.45. The Labute approximate surface area is 256 Å². The topological polar surface area (TPSA) is 184 Å². The number of alkyl carbamates (subject to hydrolysis) is 1. The van der Waals surface area contributed by atoms with E-state index in [1.54, 1.807) is 0 Å². The lowest BCUT2D eigenvalue weighted by Gasteiger charge is -2.38. The number of carbonyl (C=O) groups is 2. The molecule has 0 aromatic heterocycles. The van der Waals surface area contributed by atoms with E-state index in [4.69, 9.17) is 13.9 Å². The van der Waals surface area contributed by atoms with Crippen LogP contribution in [-0.2, 0) is 27.1 Å². The number of rotatable bonds is 12. The minimum atomic E-state index is -2.17. The average Bonchev–Trinajstić information content (AvgIpc) is 3.34. The number of benzene rings is 2. The SMILES string of the molecule is CC(C)(C)[Si](C)(C)O[C@@H]1C[C@@H](C[C@H](O)CNC(=O)OCc2ccc([N+](=O)[O-])cc2)N(C(=O)OCc2ccc([N+](=O)[O-])cc2)C1. The molecule has 0 unspecified atom stereocenters. The van der Waals surface area contributed by atoms with Crippen LogP contribution in [0, 0.1) is 20.2 Å². The highest BCUT2D eigenvalue weighted by atomic mass is 28.4. The number of carbonyl (C=O) groups excluding carboxylic acids is 2. The summed E-state index contributed by atoms with van der Waals surface area (Å²) in [6.07, 6.45) is -2.03. The van der Waals surface area contributed by atoms with E-state index in [-0.39, 0.29) is 55.2 Å². The lowest BCUT2D eigenvalue weighted by molar-refractivity contribution is -0.385. The zero-order chi connectivity index (χ0) is 32.7. The van der Waals surface area contributed by atoms with Crippen molar-refractivity contribution in [3.8, 4) is 0 Å². The van der Waals surface area contributed by atoms with Crippen molar-refractivity contribution < 1.29 is 38.4 Å². The second-order valence-corrected chi connectivity index (χ2v) is 17.0. The number of nitrogens with zero attached hydrogens (tertiary/aromatic N) is 3. The number of hydrogen-bond acceptors (Lipinski definition) is 10. The third kappa shape index (κ3) is 9.72. The van der Waals surface area contributed by atoms with Crippen LogP contribution in [0.3, 0.4) is 0 Å². The summed E-state index contributed by atoms with van der Waals surface area (Å²) in [6, 6.07) is 10.9. The number of aliphatic hydroxyl groups excluding tert-OH is 1. The second-order valence-electron chi connectivity index (χ2n) is 12.3. The van der Waals surface area contributed by atoms with Crippen molar-refractivity contribution in [1.29, 1.82) is 0 Å². The first-order valence-electron chi connectivity index (χ1n) is 14.2. The smallest absolute Gasteiger partial charge is 0.410 e. The van der Waals surface area contributed by atoms with Crippen LogP contribution in [-0.4, -0.2) is 71.7 Å². The number of hydrogen-bond donors (Lipinski definition) is 2. The van der Waals surface area contributed by atoms with E-state index in [0.717, 1.165) is 0 Å². The fraction of sp³-hybridized carbons (Fsp3) is 0.517. The van der Waals surface area contributed by atoms with Gasteiger partial charge in [0.25, 0.3) is 11.4 Å².